The molecule has 1 aromatic heterocycles. The first-order valence-electron chi connectivity index (χ1n) is 8.57. The molecule has 0 unspecified atom stereocenters. The lowest BCUT2D eigenvalue weighted by Crippen LogP contribution is -2.48. The summed E-state index contributed by atoms with van der Waals surface area (Å²) in [5, 5.41) is 1.27. The molecule has 4 aliphatic carbocycles. The number of hydrogen-bond donors (Lipinski definition) is 0. The lowest BCUT2D eigenvalue weighted by atomic mass is 9.56. The monoisotopic (exact) mass is 301 g/mol. The van der Waals surface area contributed by atoms with Crippen molar-refractivity contribution in [1.29, 1.82) is 0 Å². The summed E-state index contributed by atoms with van der Waals surface area (Å²) in [6.07, 6.45) is 10.9. The van der Waals surface area contributed by atoms with Crippen LogP contribution in [0.15, 0.2) is 23.4 Å². The van der Waals surface area contributed by atoms with E-state index in [0.717, 1.165) is 17.8 Å². The first-order valence-corrected chi connectivity index (χ1v) is 9.39. The molecule has 0 atom stereocenters. The predicted molar refractivity (Wildman–Crippen MR) is 89.7 cm³/mol. The molecule has 0 saturated heterocycles. The van der Waals surface area contributed by atoms with Gasteiger partial charge in [0.2, 0.25) is 0 Å². The van der Waals surface area contributed by atoms with E-state index < -0.39 is 0 Å². The van der Waals surface area contributed by atoms with Crippen molar-refractivity contribution in [2.24, 2.45) is 17.8 Å². The molecule has 4 bridgehead atoms. The molecule has 1 nitrogen and oxygen atoms in total. The molecule has 1 heterocycles. The topological polar surface area (TPSA) is 12.9 Å². The minimum Gasteiger partial charge on any atom is -0.250 e. The van der Waals surface area contributed by atoms with Crippen LogP contribution in [-0.2, 0) is 5.41 Å². The van der Waals surface area contributed by atoms with Gasteiger partial charge in [0.1, 0.15) is 0 Å². The number of hydrogen-bond acceptors (Lipinski definition) is 2. The third-order valence-electron chi connectivity index (χ3n) is 5.90. The van der Waals surface area contributed by atoms with Gasteiger partial charge in [0.25, 0.3) is 0 Å². The normalized spacial score (nSPS) is 38.0. The molecule has 4 fully saturated rings. The number of aromatic nitrogens is 1. The highest BCUT2D eigenvalue weighted by atomic mass is 32.2. The number of thioether (sulfide) groups is 1. The summed E-state index contributed by atoms with van der Waals surface area (Å²) in [4.78, 5) is 4.69. The van der Waals surface area contributed by atoms with E-state index in [1.807, 2.05) is 6.20 Å². The average Bonchev–Trinajstić information content (AvgIpc) is 2.35. The zero-order chi connectivity index (χ0) is 14.7. The number of nitrogens with zero attached hydrogens (tertiary/aromatic N) is 1. The first kappa shape index (κ1) is 14.1. The molecule has 0 aromatic carbocycles. The summed E-state index contributed by atoms with van der Waals surface area (Å²) < 4.78 is 0.526. The van der Waals surface area contributed by atoms with E-state index in [1.165, 1.54) is 49.1 Å². The third-order valence-corrected chi connectivity index (χ3v) is 7.27. The molecule has 0 amide bonds. The summed E-state index contributed by atoms with van der Waals surface area (Å²) in [5.41, 5.74) is 1.64. The Morgan fingerprint density at radius 3 is 2.14 bits per heavy atom. The molecule has 4 saturated carbocycles. The van der Waals surface area contributed by atoms with Gasteiger partial charge in [-0.1, -0.05) is 32.5 Å². The lowest BCUT2D eigenvalue weighted by molar-refractivity contribution is 0.0383. The molecular weight excluding hydrogens is 274 g/mol. The van der Waals surface area contributed by atoms with Crippen molar-refractivity contribution in [3.05, 3.63) is 23.9 Å². The van der Waals surface area contributed by atoms with Crippen LogP contribution in [0.5, 0.6) is 0 Å². The van der Waals surface area contributed by atoms with Crippen LogP contribution in [-0.4, -0.2) is 9.73 Å². The summed E-state index contributed by atoms with van der Waals surface area (Å²) in [6.45, 7) is 6.88. The summed E-state index contributed by atoms with van der Waals surface area (Å²) >= 11 is 2.12. The average molecular weight is 301 g/mol. The summed E-state index contributed by atoms with van der Waals surface area (Å²) in [5.74, 6) is 3.07. The highest BCUT2D eigenvalue weighted by Crippen LogP contribution is 2.61. The Labute approximate surface area is 133 Å². The van der Waals surface area contributed by atoms with E-state index in [-0.39, 0.29) is 5.41 Å². The van der Waals surface area contributed by atoms with E-state index in [9.17, 15) is 0 Å². The molecule has 0 N–H and O–H groups in total. The molecule has 21 heavy (non-hydrogen) atoms. The van der Waals surface area contributed by atoms with Crippen LogP contribution in [0.25, 0.3) is 0 Å². The molecule has 114 valence electrons. The SMILES string of the molecule is CC(C)(C)c1ccnc(SC23CC4CC(CC(C4)C2)C3)c1. The van der Waals surface area contributed by atoms with Crippen LogP contribution in [0.1, 0.15) is 64.9 Å². The summed E-state index contributed by atoms with van der Waals surface area (Å²) in [7, 11) is 0. The van der Waals surface area contributed by atoms with Crippen molar-refractivity contribution in [3.8, 4) is 0 Å². The smallest absolute Gasteiger partial charge is 0.0968 e. The van der Waals surface area contributed by atoms with Crippen LogP contribution in [0.3, 0.4) is 0 Å². The fourth-order valence-electron chi connectivity index (χ4n) is 5.31. The molecule has 2 heteroatoms. The third kappa shape index (κ3) is 2.65. The predicted octanol–water partition coefficient (Wildman–Crippen LogP) is 5.44. The van der Waals surface area contributed by atoms with Gasteiger partial charge in [-0.05, 0) is 79.4 Å². The highest BCUT2D eigenvalue weighted by Gasteiger charge is 2.51. The second kappa shape index (κ2) is 4.75. The van der Waals surface area contributed by atoms with Crippen molar-refractivity contribution in [2.45, 2.75) is 74.5 Å². The minimum absolute atomic E-state index is 0.222. The minimum atomic E-state index is 0.222. The van der Waals surface area contributed by atoms with Gasteiger partial charge in [-0.15, -0.1) is 0 Å². The fourth-order valence-corrected chi connectivity index (χ4v) is 7.01. The van der Waals surface area contributed by atoms with Crippen LogP contribution in [0, 0.1) is 17.8 Å². The maximum atomic E-state index is 4.69. The molecule has 0 radical (unpaired) electrons. The van der Waals surface area contributed by atoms with Crippen molar-refractivity contribution < 1.29 is 0 Å². The lowest BCUT2D eigenvalue weighted by Gasteiger charge is -2.56. The molecule has 5 rings (SSSR count). The van der Waals surface area contributed by atoms with Crippen molar-refractivity contribution in [2.75, 3.05) is 0 Å². The zero-order valence-electron chi connectivity index (χ0n) is 13.6. The Hall–Kier alpha value is -0.500. The van der Waals surface area contributed by atoms with Gasteiger partial charge in [-0.25, -0.2) is 4.98 Å². The zero-order valence-corrected chi connectivity index (χ0v) is 14.4. The number of rotatable bonds is 2. The van der Waals surface area contributed by atoms with E-state index in [2.05, 4.69) is 44.7 Å². The second-order valence-corrected chi connectivity index (χ2v) is 10.3. The molecule has 0 spiro atoms. The molecule has 0 aliphatic heterocycles. The highest BCUT2D eigenvalue weighted by molar-refractivity contribution is 8.00. The van der Waals surface area contributed by atoms with Gasteiger partial charge < -0.3 is 0 Å². The largest absolute Gasteiger partial charge is 0.250 e. The van der Waals surface area contributed by atoms with Gasteiger partial charge in [0, 0.05) is 10.9 Å². The molecular formula is C19H27NS. The Kier molecular flexibility index (Phi) is 3.19. The van der Waals surface area contributed by atoms with Crippen LogP contribution < -0.4 is 0 Å². The van der Waals surface area contributed by atoms with E-state index in [4.69, 9.17) is 4.98 Å². The Morgan fingerprint density at radius 1 is 1.05 bits per heavy atom. The van der Waals surface area contributed by atoms with Gasteiger partial charge in [0.05, 0.1) is 5.03 Å². The van der Waals surface area contributed by atoms with Crippen LogP contribution >= 0.6 is 11.8 Å². The van der Waals surface area contributed by atoms with E-state index >= 15 is 0 Å². The Morgan fingerprint density at radius 2 is 1.62 bits per heavy atom. The van der Waals surface area contributed by atoms with Gasteiger partial charge >= 0.3 is 0 Å². The summed E-state index contributed by atoms with van der Waals surface area (Å²) in [6, 6.07) is 4.53. The Balaban J connectivity index is 1.59. The van der Waals surface area contributed by atoms with Gasteiger partial charge in [-0.2, -0.15) is 0 Å². The van der Waals surface area contributed by atoms with E-state index in [0.29, 0.717) is 4.75 Å². The quantitative estimate of drug-likeness (QED) is 0.721. The van der Waals surface area contributed by atoms with Crippen LogP contribution in [0.2, 0.25) is 0 Å². The van der Waals surface area contributed by atoms with Gasteiger partial charge in [-0.3, -0.25) is 0 Å². The van der Waals surface area contributed by atoms with Gasteiger partial charge in [0.15, 0.2) is 0 Å². The number of pyridine rings is 1. The maximum absolute atomic E-state index is 4.69. The molecule has 1 aromatic rings. The first-order chi connectivity index (χ1) is 9.92. The molecule has 4 aliphatic rings. The fraction of sp³-hybridized carbons (Fsp3) is 0.737. The maximum Gasteiger partial charge on any atom is 0.0968 e. The van der Waals surface area contributed by atoms with E-state index in [1.54, 1.807) is 0 Å². The Bertz CT molecular complexity index is 507. The van der Waals surface area contributed by atoms with Crippen LogP contribution in [0.4, 0.5) is 0 Å². The second-order valence-electron chi connectivity index (χ2n) is 8.84. The van der Waals surface area contributed by atoms with Crippen molar-refractivity contribution >= 4 is 11.8 Å². The van der Waals surface area contributed by atoms with Crippen molar-refractivity contribution in [3.63, 3.8) is 0 Å². The standard InChI is InChI=1S/C19H27NS/c1-18(2,3)16-4-5-20-17(9-16)21-19-10-13-6-14(11-19)8-15(7-13)12-19/h4-5,9,13-15H,6-8,10-12H2,1-3H3. The van der Waals surface area contributed by atoms with Crippen molar-refractivity contribution in [1.82, 2.24) is 4.98 Å².